The van der Waals surface area contributed by atoms with Crippen LogP contribution in [-0.4, -0.2) is 69.2 Å². The highest BCUT2D eigenvalue weighted by molar-refractivity contribution is 5.99. The van der Waals surface area contributed by atoms with Crippen molar-refractivity contribution in [3.63, 3.8) is 0 Å². The van der Waals surface area contributed by atoms with Crippen LogP contribution in [0.25, 0.3) is 0 Å². The van der Waals surface area contributed by atoms with Gasteiger partial charge in [-0.3, -0.25) is 14.4 Å². The summed E-state index contributed by atoms with van der Waals surface area (Å²) in [5.41, 5.74) is 1.46. The van der Waals surface area contributed by atoms with Gasteiger partial charge in [0.05, 0.1) is 25.9 Å². The summed E-state index contributed by atoms with van der Waals surface area (Å²) in [6.07, 6.45) is 0.479. The lowest BCUT2D eigenvalue weighted by Crippen LogP contribution is -2.56. The third-order valence-electron chi connectivity index (χ3n) is 5.65. The number of amides is 2. The van der Waals surface area contributed by atoms with Crippen LogP contribution in [0.15, 0.2) is 24.3 Å². The smallest absolute Gasteiger partial charge is 0.252 e. The van der Waals surface area contributed by atoms with Crippen molar-refractivity contribution in [2.75, 3.05) is 44.4 Å². The Kier molecular flexibility index (Phi) is 8.03. The molecule has 2 aliphatic rings. The molecule has 2 N–H and O–H groups in total. The Balaban J connectivity index is 1.69. The van der Waals surface area contributed by atoms with Crippen molar-refractivity contribution in [1.29, 1.82) is 0 Å². The van der Waals surface area contributed by atoms with E-state index in [2.05, 4.69) is 15.5 Å². The number of carbonyl (C=O) groups is 3. The van der Waals surface area contributed by atoms with Gasteiger partial charge in [0.1, 0.15) is 12.6 Å². The van der Waals surface area contributed by atoms with E-state index < -0.39 is 12.1 Å². The van der Waals surface area contributed by atoms with Crippen molar-refractivity contribution in [2.24, 2.45) is 11.8 Å². The molecule has 2 fully saturated rings. The maximum absolute atomic E-state index is 13.0. The van der Waals surface area contributed by atoms with E-state index in [1.165, 1.54) is 0 Å². The zero-order valence-electron chi connectivity index (χ0n) is 18.6. The summed E-state index contributed by atoms with van der Waals surface area (Å²) in [4.78, 5) is 40.3. The minimum absolute atomic E-state index is 0.00479. The molecule has 3 atom stereocenters. The summed E-state index contributed by atoms with van der Waals surface area (Å²) < 4.78 is 10.6. The van der Waals surface area contributed by atoms with Gasteiger partial charge >= 0.3 is 0 Å². The summed E-state index contributed by atoms with van der Waals surface area (Å²) in [7, 11) is 0. The highest BCUT2D eigenvalue weighted by Gasteiger charge is 2.33. The van der Waals surface area contributed by atoms with Crippen LogP contribution in [0.4, 0.5) is 5.69 Å². The van der Waals surface area contributed by atoms with Crippen molar-refractivity contribution in [1.82, 2.24) is 10.6 Å². The molecule has 1 unspecified atom stereocenters. The number of nitrogens with zero attached hydrogens (tertiary/aromatic N) is 1. The maximum Gasteiger partial charge on any atom is 0.252 e. The van der Waals surface area contributed by atoms with E-state index in [0.717, 1.165) is 18.8 Å². The Hall–Kier alpha value is -2.45. The Bertz CT molecular complexity index is 791. The number of hydrogen-bond donors (Lipinski definition) is 2. The Morgan fingerprint density at radius 3 is 2.61 bits per heavy atom. The zero-order valence-corrected chi connectivity index (χ0v) is 18.6. The summed E-state index contributed by atoms with van der Waals surface area (Å²) in [6.45, 7) is 9.17. The minimum atomic E-state index is -0.720. The largest absolute Gasteiger partial charge is 0.378 e. The van der Waals surface area contributed by atoms with Crippen molar-refractivity contribution < 1.29 is 23.9 Å². The Labute approximate surface area is 183 Å². The SMILES string of the molecule is CC(C)CC(NC(=O)c1cccc(N2CCOCC2)c1)C(=O)N[C@@H]1C(=O)COC[C@H]1C. The molecule has 8 nitrogen and oxygen atoms in total. The summed E-state index contributed by atoms with van der Waals surface area (Å²) in [6, 6.07) is 6.10. The first-order valence-electron chi connectivity index (χ1n) is 11.0. The van der Waals surface area contributed by atoms with E-state index in [4.69, 9.17) is 9.47 Å². The molecule has 2 heterocycles. The lowest BCUT2D eigenvalue weighted by atomic mass is 9.95. The van der Waals surface area contributed by atoms with E-state index >= 15 is 0 Å². The molecular weight excluding hydrogens is 398 g/mol. The van der Waals surface area contributed by atoms with Gasteiger partial charge in [-0.25, -0.2) is 0 Å². The van der Waals surface area contributed by atoms with E-state index in [-0.39, 0.29) is 36.0 Å². The van der Waals surface area contributed by atoms with Crippen molar-refractivity contribution >= 4 is 23.3 Å². The van der Waals surface area contributed by atoms with Crippen molar-refractivity contribution in [3.05, 3.63) is 29.8 Å². The highest BCUT2D eigenvalue weighted by atomic mass is 16.5. The van der Waals surface area contributed by atoms with Gasteiger partial charge in [-0.2, -0.15) is 0 Å². The van der Waals surface area contributed by atoms with Gasteiger partial charge in [0.2, 0.25) is 5.91 Å². The van der Waals surface area contributed by atoms with Crippen molar-refractivity contribution in [3.8, 4) is 0 Å². The molecule has 31 heavy (non-hydrogen) atoms. The molecule has 0 bridgehead atoms. The zero-order chi connectivity index (χ0) is 22.4. The van der Waals surface area contributed by atoms with Crippen LogP contribution in [0, 0.1) is 11.8 Å². The fraction of sp³-hybridized carbons (Fsp3) is 0.609. The summed E-state index contributed by atoms with van der Waals surface area (Å²) in [5, 5.41) is 5.72. The number of hydrogen-bond acceptors (Lipinski definition) is 6. The molecular formula is C23H33N3O5. The number of ketones is 1. The molecule has 1 aromatic rings. The number of ether oxygens (including phenoxy) is 2. The number of anilines is 1. The average Bonchev–Trinajstić information content (AvgIpc) is 2.76. The van der Waals surface area contributed by atoms with E-state index in [1.807, 2.05) is 39.0 Å². The molecule has 2 saturated heterocycles. The van der Waals surface area contributed by atoms with Gasteiger partial charge in [-0.15, -0.1) is 0 Å². The molecule has 3 rings (SSSR count). The first-order chi connectivity index (χ1) is 14.8. The van der Waals surface area contributed by atoms with E-state index in [9.17, 15) is 14.4 Å². The average molecular weight is 432 g/mol. The Morgan fingerprint density at radius 1 is 1.19 bits per heavy atom. The molecule has 170 valence electrons. The topological polar surface area (TPSA) is 97.0 Å². The van der Waals surface area contributed by atoms with Crippen LogP contribution in [0.5, 0.6) is 0 Å². The molecule has 2 amide bonds. The van der Waals surface area contributed by atoms with Crippen molar-refractivity contribution in [2.45, 2.75) is 39.3 Å². The van der Waals surface area contributed by atoms with Crippen LogP contribution in [0.1, 0.15) is 37.6 Å². The second-order valence-electron chi connectivity index (χ2n) is 8.75. The number of Topliss-reactive ketones (excluding diaryl/α,β-unsaturated/α-hetero) is 1. The number of nitrogens with one attached hydrogen (secondary N) is 2. The van der Waals surface area contributed by atoms with Gasteiger partial charge < -0.3 is 25.0 Å². The lowest BCUT2D eigenvalue weighted by molar-refractivity contribution is -0.137. The number of carbonyl (C=O) groups excluding carboxylic acids is 3. The summed E-state index contributed by atoms with van der Waals surface area (Å²) >= 11 is 0. The number of morpholine rings is 1. The predicted molar refractivity (Wildman–Crippen MR) is 117 cm³/mol. The van der Waals surface area contributed by atoms with Crippen LogP contribution >= 0.6 is 0 Å². The molecule has 0 spiro atoms. The molecule has 2 aliphatic heterocycles. The lowest BCUT2D eigenvalue weighted by Gasteiger charge is -2.30. The fourth-order valence-corrected chi connectivity index (χ4v) is 3.94. The first-order valence-corrected chi connectivity index (χ1v) is 11.0. The van der Waals surface area contributed by atoms with Crippen LogP contribution in [0.3, 0.4) is 0 Å². The second kappa shape index (κ2) is 10.7. The van der Waals surface area contributed by atoms with Gasteiger partial charge in [-0.1, -0.05) is 26.8 Å². The predicted octanol–water partition coefficient (Wildman–Crippen LogP) is 1.39. The van der Waals surface area contributed by atoms with Gasteiger partial charge in [0.15, 0.2) is 5.78 Å². The molecule has 1 aromatic carbocycles. The third-order valence-corrected chi connectivity index (χ3v) is 5.65. The quantitative estimate of drug-likeness (QED) is 0.677. The second-order valence-corrected chi connectivity index (χ2v) is 8.75. The minimum Gasteiger partial charge on any atom is -0.378 e. The standard InChI is InChI=1S/C23H33N3O5/c1-15(2)11-19(23(29)25-21-16(3)13-31-14-20(21)27)24-22(28)17-5-4-6-18(12-17)26-7-9-30-10-8-26/h4-6,12,15-16,19,21H,7-11,13-14H2,1-3H3,(H,24,28)(H,25,29)/t16-,19?,21+/m1/s1. The number of rotatable bonds is 7. The Morgan fingerprint density at radius 2 is 1.94 bits per heavy atom. The van der Waals surface area contributed by atoms with E-state index in [0.29, 0.717) is 31.8 Å². The first kappa shape index (κ1) is 23.2. The molecule has 0 saturated carbocycles. The molecule has 0 aromatic heterocycles. The highest BCUT2D eigenvalue weighted by Crippen LogP contribution is 2.18. The van der Waals surface area contributed by atoms with Crippen LogP contribution in [-0.2, 0) is 19.1 Å². The van der Waals surface area contributed by atoms with Gasteiger partial charge in [0, 0.05) is 30.3 Å². The molecule has 8 heteroatoms. The third kappa shape index (κ3) is 6.27. The van der Waals surface area contributed by atoms with E-state index in [1.54, 1.807) is 6.07 Å². The fourth-order valence-electron chi connectivity index (χ4n) is 3.94. The monoisotopic (exact) mass is 431 g/mol. The maximum atomic E-state index is 13.0. The van der Waals surface area contributed by atoms with Gasteiger partial charge in [-0.05, 0) is 30.5 Å². The normalized spacial score (nSPS) is 22.8. The molecule has 0 aliphatic carbocycles. The van der Waals surface area contributed by atoms with Crippen LogP contribution in [0.2, 0.25) is 0 Å². The number of benzene rings is 1. The van der Waals surface area contributed by atoms with Gasteiger partial charge in [0.25, 0.3) is 5.91 Å². The van der Waals surface area contributed by atoms with Crippen LogP contribution < -0.4 is 15.5 Å². The summed E-state index contributed by atoms with van der Waals surface area (Å²) in [5.74, 6) is -0.690. The molecule has 0 radical (unpaired) electrons.